The topological polar surface area (TPSA) is 73.2 Å². The van der Waals surface area contributed by atoms with Crippen LogP contribution in [0.5, 0.6) is 0 Å². The molecule has 0 spiro atoms. The molecule has 2 aromatic rings. The van der Waals surface area contributed by atoms with Gasteiger partial charge in [-0.05, 0) is 29.8 Å². The van der Waals surface area contributed by atoms with E-state index in [-0.39, 0.29) is 44.2 Å². The molecule has 0 aliphatic heterocycles. The van der Waals surface area contributed by atoms with Crippen LogP contribution in [0, 0.1) is 11.3 Å². The molecule has 0 bridgehead atoms. The summed E-state index contributed by atoms with van der Waals surface area (Å²) in [5, 5.41) is 11.4. The summed E-state index contributed by atoms with van der Waals surface area (Å²) in [5.41, 5.74) is 0.423. The van der Waals surface area contributed by atoms with E-state index in [0.717, 1.165) is 12.1 Å². The minimum Gasteiger partial charge on any atom is -0.352 e. The number of hydrogen-bond acceptors (Lipinski definition) is 3. The second-order valence-corrected chi connectivity index (χ2v) is 6.26. The second-order valence-electron chi connectivity index (χ2n) is 6.26. The summed E-state index contributed by atoms with van der Waals surface area (Å²) >= 11 is 0. The predicted molar refractivity (Wildman–Crippen MR) is 102 cm³/mol. The Morgan fingerprint density at radius 3 is 2.24 bits per heavy atom. The second kappa shape index (κ2) is 10.3. The van der Waals surface area contributed by atoms with E-state index in [9.17, 15) is 22.8 Å². The molecule has 1 N–H and O–H groups in total. The average Bonchev–Trinajstić information content (AvgIpc) is 2.71. The molecule has 2 rings (SSSR count). The number of nitriles is 1. The largest absolute Gasteiger partial charge is 0.416 e. The van der Waals surface area contributed by atoms with Gasteiger partial charge in [0.25, 0.3) is 0 Å². The lowest BCUT2D eigenvalue weighted by atomic mass is 10.1. The van der Waals surface area contributed by atoms with E-state index < -0.39 is 11.7 Å². The lowest BCUT2D eigenvalue weighted by Crippen LogP contribution is -2.33. The SMILES string of the molecule is N#CCCN(C(=O)CCC(=O)NCc1ccc(C(F)(F)F)cc1)c1ccccc1. The van der Waals surface area contributed by atoms with Crippen molar-refractivity contribution < 1.29 is 22.8 Å². The molecular formula is C21H20F3N3O2. The number of halogens is 3. The van der Waals surface area contributed by atoms with Gasteiger partial charge in [-0.2, -0.15) is 18.4 Å². The summed E-state index contributed by atoms with van der Waals surface area (Å²) in [7, 11) is 0. The number of amides is 2. The maximum absolute atomic E-state index is 12.6. The highest BCUT2D eigenvalue weighted by Crippen LogP contribution is 2.29. The number of carbonyl (C=O) groups is 2. The van der Waals surface area contributed by atoms with Crippen LogP contribution in [0.2, 0.25) is 0 Å². The highest BCUT2D eigenvalue weighted by molar-refractivity contribution is 5.95. The van der Waals surface area contributed by atoms with Gasteiger partial charge in [-0.15, -0.1) is 0 Å². The number of rotatable bonds is 8. The van der Waals surface area contributed by atoms with E-state index in [2.05, 4.69) is 5.32 Å². The van der Waals surface area contributed by atoms with Gasteiger partial charge in [-0.1, -0.05) is 30.3 Å². The van der Waals surface area contributed by atoms with E-state index in [4.69, 9.17) is 5.26 Å². The predicted octanol–water partition coefficient (Wildman–Crippen LogP) is 4.05. The Hall–Kier alpha value is -3.34. The van der Waals surface area contributed by atoms with Crippen molar-refractivity contribution in [2.45, 2.75) is 32.0 Å². The van der Waals surface area contributed by atoms with Gasteiger partial charge in [0.1, 0.15) is 0 Å². The number of para-hydroxylation sites is 1. The number of nitrogens with zero attached hydrogens (tertiary/aromatic N) is 2. The van der Waals surface area contributed by atoms with Gasteiger partial charge in [0.15, 0.2) is 0 Å². The number of benzene rings is 2. The van der Waals surface area contributed by atoms with Crippen molar-refractivity contribution in [2.75, 3.05) is 11.4 Å². The zero-order chi connectivity index (χ0) is 21.3. The fourth-order valence-corrected chi connectivity index (χ4v) is 2.62. The summed E-state index contributed by atoms with van der Waals surface area (Å²) < 4.78 is 37.7. The molecule has 2 aromatic carbocycles. The van der Waals surface area contributed by atoms with E-state index in [1.54, 1.807) is 24.3 Å². The molecule has 0 saturated heterocycles. The smallest absolute Gasteiger partial charge is 0.352 e. The van der Waals surface area contributed by atoms with Crippen LogP contribution in [-0.4, -0.2) is 18.4 Å². The first-order valence-electron chi connectivity index (χ1n) is 8.96. The normalized spacial score (nSPS) is 10.8. The van der Waals surface area contributed by atoms with Gasteiger partial charge in [-0.25, -0.2) is 0 Å². The molecule has 29 heavy (non-hydrogen) atoms. The third kappa shape index (κ3) is 6.96. The van der Waals surface area contributed by atoms with Gasteiger partial charge in [-0.3, -0.25) is 9.59 Å². The summed E-state index contributed by atoms with van der Waals surface area (Å²) in [6, 6.07) is 15.4. The van der Waals surface area contributed by atoms with Crippen molar-refractivity contribution >= 4 is 17.5 Å². The molecule has 0 heterocycles. The van der Waals surface area contributed by atoms with Gasteiger partial charge in [0.05, 0.1) is 18.1 Å². The molecular weight excluding hydrogens is 383 g/mol. The van der Waals surface area contributed by atoms with Crippen LogP contribution in [0.15, 0.2) is 54.6 Å². The van der Waals surface area contributed by atoms with Crippen molar-refractivity contribution in [3.8, 4) is 6.07 Å². The van der Waals surface area contributed by atoms with Crippen LogP contribution in [0.25, 0.3) is 0 Å². The Morgan fingerprint density at radius 1 is 1.00 bits per heavy atom. The van der Waals surface area contributed by atoms with Crippen LogP contribution in [0.4, 0.5) is 18.9 Å². The van der Waals surface area contributed by atoms with Gasteiger partial charge in [0, 0.05) is 31.6 Å². The first-order valence-corrected chi connectivity index (χ1v) is 8.96. The Kier molecular flexibility index (Phi) is 7.78. The third-order valence-electron chi connectivity index (χ3n) is 4.15. The summed E-state index contributed by atoms with van der Waals surface area (Å²) in [4.78, 5) is 26.0. The van der Waals surface area contributed by atoms with Crippen molar-refractivity contribution in [2.24, 2.45) is 0 Å². The van der Waals surface area contributed by atoms with Crippen molar-refractivity contribution in [1.29, 1.82) is 5.26 Å². The minimum absolute atomic E-state index is 0.0425. The Bertz CT molecular complexity index is 859. The average molecular weight is 403 g/mol. The molecule has 8 heteroatoms. The quantitative estimate of drug-likeness (QED) is 0.723. The molecule has 0 aliphatic carbocycles. The Balaban J connectivity index is 1.85. The highest BCUT2D eigenvalue weighted by atomic mass is 19.4. The molecule has 5 nitrogen and oxygen atoms in total. The number of anilines is 1. The third-order valence-corrected chi connectivity index (χ3v) is 4.15. The van der Waals surface area contributed by atoms with Crippen LogP contribution in [0.1, 0.15) is 30.4 Å². The molecule has 0 atom stereocenters. The van der Waals surface area contributed by atoms with E-state index in [1.807, 2.05) is 12.1 Å². The van der Waals surface area contributed by atoms with Gasteiger partial charge >= 0.3 is 6.18 Å². The van der Waals surface area contributed by atoms with Crippen LogP contribution in [-0.2, 0) is 22.3 Å². The summed E-state index contributed by atoms with van der Waals surface area (Å²) in [6.45, 7) is 0.300. The standard InChI is InChI=1S/C21H20F3N3O2/c22-21(23,24)17-9-7-16(8-10-17)15-26-19(28)11-12-20(29)27(14-4-13-25)18-5-2-1-3-6-18/h1-3,5-10H,4,11-12,14-15H2,(H,26,28). The molecule has 152 valence electrons. The Labute approximate surface area is 166 Å². The molecule has 0 saturated carbocycles. The zero-order valence-electron chi connectivity index (χ0n) is 15.6. The van der Waals surface area contributed by atoms with Crippen molar-refractivity contribution in [3.63, 3.8) is 0 Å². The molecule has 0 aliphatic rings. The number of carbonyl (C=O) groups excluding carboxylic acids is 2. The molecule has 2 amide bonds. The van der Waals surface area contributed by atoms with Crippen LogP contribution < -0.4 is 10.2 Å². The monoisotopic (exact) mass is 403 g/mol. The Morgan fingerprint density at radius 2 is 1.66 bits per heavy atom. The zero-order valence-corrected chi connectivity index (χ0v) is 15.6. The lowest BCUT2D eigenvalue weighted by Gasteiger charge is -2.21. The first-order chi connectivity index (χ1) is 13.8. The van der Waals surface area contributed by atoms with Crippen molar-refractivity contribution in [1.82, 2.24) is 5.32 Å². The maximum Gasteiger partial charge on any atom is 0.416 e. The summed E-state index contributed by atoms with van der Waals surface area (Å²) in [5.74, 6) is -0.664. The fraction of sp³-hybridized carbons (Fsp3) is 0.286. The highest BCUT2D eigenvalue weighted by Gasteiger charge is 2.29. The number of hydrogen-bond donors (Lipinski definition) is 1. The molecule has 0 unspecified atom stereocenters. The lowest BCUT2D eigenvalue weighted by molar-refractivity contribution is -0.137. The van der Waals surface area contributed by atoms with Crippen LogP contribution in [0.3, 0.4) is 0 Å². The minimum atomic E-state index is -4.40. The molecule has 0 fully saturated rings. The van der Waals surface area contributed by atoms with Crippen LogP contribution >= 0.6 is 0 Å². The molecule has 0 radical (unpaired) electrons. The van der Waals surface area contributed by atoms with E-state index in [1.165, 1.54) is 17.0 Å². The number of nitrogens with one attached hydrogen (secondary N) is 1. The van der Waals surface area contributed by atoms with E-state index in [0.29, 0.717) is 11.3 Å². The van der Waals surface area contributed by atoms with Gasteiger partial charge < -0.3 is 10.2 Å². The maximum atomic E-state index is 12.6. The fourth-order valence-electron chi connectivity index (χ4n) is 2.62. The molecule has 0 aromatic heterocycles. The summed E-state index contributed by atoms with van der Waals surface area (Å²) in [6.07, 6.45) is -4.34. The van der Waals surface area contributed by atoms with E-state index >= 15 is 0 Å². The van der Waals surface area contributed by atoms with Gasteiger partial charge in [0.2, 0.25) is 11.8 Å². The van der Waals surface area contributed by atoms with Crippen molar-refractivity contribution in [3.05, 3.63) is 65.7 Å². The first kappa shape index (κ1) is 22.0. The number of alkyl halides is 3.